The van der Waals surface area contributed by atoms with E-state index in [1.807, 2.05) is 0 Å². The fourth-order valence-corrected chi connectivity index (χ4v) is 1.87. The second kappa shape index (κ2) is 3.57. The van der Waals surface area contributed by atoms with E-state index >= 15 is 0 Å². The number of H-pyrrole nitrogens is 1. The summed E-state index contributed by atoms with van der Waals surface area (Å²) in [5, 5.41) is 6.67. The molecule has 15 heavy (non-hydrogen) atoms. The van der Waals surface area contributed by atoms with Crippen LogP contribution in [0.3, 0.4) is 0 Å². The molecule has 1 aromatic rings. The molecule has 0 aromatic carbocycles. The monoisotopic (exact) mass is 224 g/mol. The highest BCUT2D eigenvalue weighted by molar-refractivity contribution is 7.71. The van der Waals surface area contributed by atoms with Crippen LogP contribution in [0.5, 0.6) is 0 Å². The molecule has 0 unspecified atom stereocenters. The van der Waals surface area contributed by atoms with Gasteiger partial charge in [-0.15, -0.1) is 0 Å². The number of hydrogen-bond donors (Lipinski definition) is 3. The Morgan fingerprint density at radius 2 is 2.07 bits per heavy atom. The van der Waals surface area contributed by atoms with Crippen LogP contribution >= 0.6 is 12.2 Å². The van der Waals surface area contributed by atoms with Crippen molar-refractivity contribution in [2.24, 2.45) is 0 Å². The minimum atomic E-state index is 0.00644. The smallest absolute Gasteiger partial charge is 0.199 e. The topological polar surface area (TPSA) is 52.7 Å². The van der Waals surface area contributed by atoms with Crippen molar-refractivity contribution in [2.75, 3.05) is 5.32 Å². The first-order valence-electron chi connectivity index (χ1n) is 5.07. The van der Waals surface area contributed by atoms with Gasteiger partial charge in [-0.25, -0.2) is 4.98 Å². The van der Waals surface area contributed by atoms with E-state index in [2.05, 4.69) is 41.4 Å². The maximum Gasteiger partial charge on any atom is 0.199 e. The van der Waals surface area contributed by atoms with E-state index in [0.29, 0.717) is 4.77 Å². The highest BCUT2D eigenvalue weighted by Crippen LogP contribution is 2.22. The molecule has 0 fully saturated rings. The molecule has 2 rings (SSSR count). The molecule has 0 radical (unpaired) electrons. The lowest BCUT2D eigenvalue weighted by Crippen LogP contribution is -2.27. The summed E-state index contributed by atoms with van der Waals surface area (Å²) in [7, 11) is 0. The van der Waals surface area contributed by atoms with Crippen LogP contribution in [0, 0.1) is 4.77 Å². The van der Waals surface area contributed by atoms with E-state index in [0.717, 1.165) is 24.6 Å². The van der Waals surface area contributed by atoms with Crippen molar-refractivity contribution in [3.05, 3.63) is 16.0 Å². The number of nitrogens with zero attached hydrogens (tertiary/aromatic N) is 1. The van der Waals surface area contributed by atoms with Crippen LogP contribution in [0.2, 0.25) is 0 Å². The van der Waals surface area contributed by atoms with Gasteiger partial charge in [0.2, 0.25) is 0 Å². The van der Waals surface area contributed by atoms with E-state index in [9.17, 15) is 0 Å². The van der Waals surface area contributed by atoms with Crippen LogP contribution in [-0.4, -0.2) is 15.5 Å². The van der Waals surface area contributed by atoms with Gasteiger partial charge >= 0.3 is 0 Å². The molecule has 1 aliphatic rings. The van der Waals surface area contributed by atoms with Gasteiger partial charge in [-0.2, -0.15) is 0 Å². The molecule has 0 saturated heterocycles. The van der Waals surface area contributed by atoms with Crippen molar-refractivity contribution in [2.45, 2.75) is 39.4 Å². The van der Waals surface area contributed by atoms with E-state index < -0.39 is 0 Å². The highest BCUT2D eigenvalue weighted by atomic mass is 32.1. The van der Waals surface area contributed by atoms with Crippen LogP contribution in [0.4, 0.5) is 5.82 Å². The quantitative estimate of drug-likeness (QED) is 0.638. The molecular formula is C10H16N4S. The molecule has 5 heteroatoms. The molecule has 0 aliphatic carbocycles. The summed E-state index contributed by atoms with van der Waals surface area (Å²) in [5.41, 5.74) is 2.37. The molecule has 0 amide bonds. The minimum Gasteiger partial charge on any atom is -0.365 e. The first kappa shape index (κ1) is 10.6. The lowest BCUT2D eigenvalue weighted by atomic mass is 10.1. The molecule has 0 spiro atoms. The number of nitrogens with one attached hydrogen (secondary N) is 3. The second-order valence-electron chi connectivity index (χ2n) is 4.83. The third-order valence-electron chi connectivity index (χ3n) is 2.22. The standard InChI is InChI=1S/C10H16N4S/c1-10(2,3)14-8-6-4-11-5-7(6)12-9(15)13-8/h11H,4-5H2,1-3H3,(H2,12,13,14,15). The Labute approximate surface area is 94.5 Å². The SMILES string of the molecule is CC(C)(C)Nc1nc(=S)[nH]c2c1CNC2. The molecule has 0 saturated carbocycles. The molecule has 4 nitrogen and oxygen atoms in total. The number of rotatable bonds is 1. The highest BCUT2D eigenvalue weighted by Gasteiger charge is 2.19. The number of aromatic nitrogens is 2. The van der Waals surface area contributed by atoms with Crippen molar-refractivity contribution in [3.8, 4) is 0 Å². The first-order chi connectivity index (χ1) is 6.96. The Hall–Kier alpha value is -0.940. The number of fused-ring (bicyclic) bond motifs is 1. The Bertz CT molecular complexity index is 430. The summed E-state index contributed by atoms with van der Waals surface area (Å²) in [4.78, 5) is 7.45. The third-order valence-corrected chi connectivity index (χ3v) is 2.41. The summed E-state index contributed by atoms with van der Waals surface area (Å²) in [6.45, 7) is 8.04. The average Bonchev–Trinajstić information content (AvgIpc) is 2.48. The molecule has 0 bridgehead atoms. The Morgan fingerprint density at radius 1 is 1.33 bits per heavy atom. The lowest BCUT2D eigenvalue weighted by Gasteiger charge is -2.22. The molecule has 1 aromatic heterocycles. The normalized spacial score (nSPS) is 15.1. The van der Waals surface area contributed by atoms with Gasteiger partial charge in [-0.05, 0) is 33.0 Å². The number of anilines is 1. The largest absolute Gasteiger partial charge is 0.365 e. The van der Waals surface area contributed by atoms with Crippen LogP contribution in [0.15, 0.2) is 0 Å². The van der Waals surface area contributed by atoms with Crippen LogP contribution in [-0.2, 0) is 13.1 Å². The summed E-state index contributed by atoms with van der Waals surface area (Å²) in [6.07, 6.45) is 0. The van der Waals surface area contributed by atoms with E-state index in [4.69, 9.17) is 12.2 Å². The Balaban J connectivity index is 2.43. The minimum absolute atomic E-state index is 0.00644. The van der Waals surface area contributed by atoms with E-state index in [-0.39, 0.29) is 5.54 Å². The third kappa shape index (κ3) is 2.35. The van der Waals surface area contributed by atoms with Gasteiger partial charge in [0.15, 0.2) is 4.77 Å². The maximum absolute atomic E-state index is 5.10. The zero-order chi connectivity index (χ0) is 11.1. The fraction of sp³-hybridized carbons (Fsp3) is 0.600. The molecule has 2 heterocycles. The van der Waals surface area contributed by atoms with Gasteiger partial charge in [-0.3, -0.25) is 0 Å². The van der Waals surface area contributed by atoms with Gasteiger partial charge in [-0.1, -0.05) is 0 Å². The molecule has 3 N–H and O–H groups in total. The Kier molecular flexibility index (Phi) is 2.52. The predicted molar refractivity (Wildman–Crippen MR) is 63.3 cm³/mol. The molecule has 1 aliphatic heterocycles. The van der Waals surface area contributed by atoms with Gasteiger partial charge in [0.25, 0.3) is 0 Å². The van der Waals surface area contributed by atoms with Gasteiger partial charge < -0.3 is 15.6 Å². The van der Waals surface area contributed by atoms with Gasteiger partial charge in [0.05, 0.1) is 0 Å². The van der Waals surface area contributed by atoms with Crippen molar-refractivity contribution in [1.29, 1.82) is 0 Å². The van der Waals surface area contributed by atoms with Crippen LogP contribution in [0.1, 0.15) is 32.0 Å². The zero-order valence-electron chi connectivity index (χ0n) is 9.27. The predicted octanol–water partition coefficient (Wildman–Crippen LogP) is 1.95. The van der Waals surface area contributed by atoms with Crippen molar-refractivity contribution in [3.63, 3.8) is 0 Å². The average molecular weight is 224 g/mol. The fourth-order valence-electron chi connectivity index (χ4n) is 1.66. The van der Waals surface area contributed by atoms with E-state index in [1.165, 1.54) is 5.56 Å². The molecule has 0 atom stereocenters. The maximum atomic E-state index is 5.10. The Morgan fingerprint density at radius 3 is 2.73 bits per heavy atom. The molecule has 82 valence electrons. The zero-order valence-corrected chi connectivity index (χ0v) is 10.1. The van der Waals surface area contributed by atoms with Crippen molar-refractivity contribution < 1.29 is 0 Å². The number of aromatic amines is 1. The van der Waals surface area contributed by atoms with Crippen molar-refractivity contribution >= 4 is 18.0 Å². The van der Waals surface area contributed by atoms with E-state index in [1.54, 1.807) is 0 Å². The summed E-state index contributed by atoms with van der Waals surface area (Å²) in [5.74, 6) is 0.909. The number of hydrogen-bond acceptors (Lipinski definition) is 4. The van der Waals surface area contributed by atoms with Crippen molar-refractivity contribution in [1.82, 2.24) is 15.3 Å². The first-order valence-corrected chi connectivity index (χ1v) is 5.47. The summed E-state index contributed by atoms with van der Waals surface area (Å²) >= 11 is 5.10. The lowest BCUT2D eigenvalue weighted by molar-refractivity contribution is 0.628. The van der Waals surface area contributed by atoms with Gasteiger partial charge in [0.1, 0.15) is 5.82 Å². The second-order valence-corrected chi connectivity index (χ2v) is 5.21. The summed E-state index contributed by atoms with van der Waals surface area (Å²) in [6, 6.07) is 0. The molecular weight excluding hydrogens is 208 g/mol. The van der Waals surface area contributed by atoms with Gasteiger partial charge in [0, 0.05) is 29.9 Å². The van der Waals surface area contributed by atoms with Crippen LogP contribution in [0.25, 0.3) is 0 Å². The van der Waals surface area contributed by atoms with Crippen LogP contribution < -0.4 is 10.6 Å². The summed E-state index contributed by atoms with van der Waals surface area (Å²) < 4.78 is 0.546.